The fourth-order valence-electron chi connectivity index (χ4n) is 2.49. The number of aromatic nitrogens is 2. The van der Waals surface area contributed by atoms with Gasteiger partial charge in [0.25, 0.3) is 0 Å². The molecule has 1 aliphatic carbocycles. The molecule has 0 radical (unpaired) electrons. The second-order valence-corrected chi connectivity index (χ2v) is 5.55. The quantitative estimate of drug-likeness (QED) is 0.785. The highest BCUT2D eigenvalue weighted by atomic mass is 14.9. The predicted molar refractivity (Wildman–Crippen MR) is 74.9 cm³/mol. The van der Waals surface area contributed by atoms with Crippen molar-refractivity contribution in [3.05, 3.63) is 22.8 Å². The van der Waals surface area contributed by atoms with Gasteiger partial charge in [-0.1, -0.05) is 13.8 Å². The van der Waals surface area contributed by atoms with Crippen molar-refractivity contribution in [1.82, 2.24) is 15.3 Å². The topological polar surface area (TPSA) is 37.8 Å². The van der Waals surface area contributed by atoms with Crippen LogP contribution in [0.5, 0.6) is 0 Å². The van der Waals surface area contributed by atoms with Crippen LogP contribution in [-0.2, 0) is 6.42 Å². The molecule has 1 aromatic rings. The summed E-state index contributed by atoms with van der Waals surface area (Å²) in [5, 5.41) is 3.44. The molecular formula is C15H25N3. The van der Waals surface area contributed by atoms with Crippen LogP contribution >= 0.6 is 0 Å². The molecule has 0 aliphatic heterocycles. The van der Waals surface area contributed by atoms with Gasteiger partial charge in [0.1, 0.15) is 5.82 Å². The fourth-order valence-corrected chi connectivity index (χ4v) is 2.49. The van der Waals surface area contributed by atoms with Gasteiger partial charge in [-0.15, -0.1) is 0 Å². The average Bonchev–Trinajstić information content (AvgIpc) is 3.04. The van der Waals surface area contributed by atoms with Crippen molar-refractivity contribution in [2.75, 3.05) is 13.1 Å². The number of aryl methyl sites for hydroxylation is 2. The van der Waals surface area contributed by atoms with E-state index in [1.807, 2.05) is 0 Å². The van der Waals surface area contributed by atoms with Crippen LogP contribution < -0.4 is 5.32 Å². The largest absolute Gasteiger partial charge is 0.316 e. The summed E-state index contributed by atoms with van der Waals surface area (Å²) in [6, 6.07) is 0. The number of hydrogen-bond donors (Lipinski definition) is 1. The Morgan fingerprint density at radius 3 is 2.28 bits per heavy atom. The lowest BCUT2D eigenvalue weighted by Gasteiger charge is -2.11. The summed E-state index contributed by atoms with van der Waals surface area (Å²) in [5.74, 6) is 2.47. The van der Waals surface area contributed by atoms with Gasteiger partial charge in [-0.05, 0) is 57.7 Å². The van der Waals surface area contributed by atoms with Crippen LogP contribution in [-0.4, -0.2) is 23.1 Å². The third-order valence-corrected chi connectivity index (χ3v) is 3.86. The Labute approximate surface area is 110 Å². The zero-order valence-corrected chi connectivity index (χ0v) is 12.1. The van der Waals surface area contributed by atoms with Crippen LogP contribution in [0.1, 0.15) is 55.4 Å². The fraction of sp³-hybridized carbons (Fsp3) is 0.733. The van der Waals surface area contributed by atoms with Gasteiger partial charge >= 0.3 is 0 Å². The molecule has 3 heteroatoms. The summed E-state index contributed by atoms with van der Waals surface area (Å²) in [4.78, 5) is 9.41. The van der Waals surface area contributed by atoms with Gasteiger partial charge in [0.2, 0.25) is 0 Å². The highest BCUT2D eigenvalue weighted by Crippen LogP contribution is 2.45. The molecule has 1 fully saturated rings. The Kier molecular flexibility index (Phi) is 4.33. The van der Waals surface area contributed by atoms with Crippen molar-refractivity contribution in [1.29, 1.82) is 0 Å². The molecule has 1 aromatic heterocycles. The van der Waals surface area contributed by atoms with Gasteiger partial charge in [-0.3, -0.25) is 0 Å². The summed E-state index contributed by atoms with van der Waals surface area (Å²) in [7, 11) is 0. The molecule has 0 spiro atoms. The molecule has 0 amide bonds. The molecular weight excluding hydrogens is 222 g/mol. The van der Waals surface area contributed by atoms with E-state index in [1.54, 1.807) is 0 Å². The highest BCUT2D eigenvalue weighted by Gasteiger charge is 2.36. The second kappa shape index (κ2) is 5.79. The van der Waals surface area contributed by atoms with E-state index in [1.165, 1.54) is 29.8 Å². The Morgan fingerprint density at radius 2 is 1.78 bits per heavy atom. The maximum atomic E-state index is 4.71. The Balaban J connectivity index is 2.02. The molecule has 0 saturated heterocycles. The van der Waals surface area contributed by atoms with E-state index in [0.717, 1.165) is 31.3 Å². The lowest BCUT2D eigenvalue weighted by Crippen LogP contribution is -2.19. The third-order valence-electron chi connectivity index (χ3n) is 3.86. The Hall–Kier alpha value is -0.960. The van der Waals surface area contributed by atoms with E-state index in [-0.39, 0.29) is 0 Å². The smallest absolute Gasteiger partial charge is 0.132 e. The Bertz CT molecular complexity index is 391. The lowest BCUT2D eigenvalue weighted by molar-refractivity contribution is 0.664. The van der Waals surface area contributed by atoms with Crippen LogP contribution in [0.4, 0.5) is 0 Å². The molecule has 0 bridgehead atoms. The van der Waals surface area contributed by atoms with Crippen molar-refractivity contribution < 1.29 is 0 Å². The molecule has 1 saturated carbocycles. The van der Waals surface area contributed by atoms with E-state index in [2.05, 4.69) is 33.0 Å². The molecule has 2 rings (SSSR count). The molecule has 2 unspecified atom stereocenters. The van der Waals surface area contributed by atoms with E-state index in [9.17, 15) is 0 Å². The van der Waals surface area contributed by atoms with Crippen LogP contribution in [0.25, 0.3) is 0 Å². The van der Waals surface area contributed by atoms with Crippen molar-refractivity contribution in [3.63, 3.8) is 0 Å². The monoisotopic (exact) mass is 247 g/mol. The van der Waals surface area contributed by atoms with Crippen molar-refractivity contribution in [2.24, 2.45) is 5.92 Å². The van der Waals surface area contributed by atoms with Gasteiger partial charge in [0, 0.05) is 17.3 Å². The first-order valence-electron chi connectivity index (χ1n) is 7.18. The summed E-state index contributed by atoms with van der Waals surface area (Å²) in [6.45, 7) is 10.8. The van der Waals surface area contributed by atoms with Crippen molar-refractivity contribution in [2.45, 2.75) is 52.9 Å². The third kappa shape index (κ3) is 3.08. The van der Waals surface area contributed by atoms with Gasteiger partial charge < -0.3 is 5.32 Å². The van der Waals surface area contributed by atoms with Gasteiger partial charge in [0.15, 0.2) is 0 Å². The average molecular weight is 247 g/mol. The first kappa shape index (κ1) is 13.5. The Morgan fingerprint density at radius 1 is 1.17 bits per heavy atom. The minimum absolute atomic E-state index is 0.620. The summed E-state index contributed by atoms with van der Waals surface area (Å²) < 4.78 is 0. The molecule has 3 nitrogen and oxygen atoms in total. The molecule has 2 atom stereocenters. The minimum atomic E-state index is 0.620. The van der Waals surface area contributed by atoms with E-state index < -0.39 is 0 Å². The summed E-state index contributed by atoms with van der Waals surface area (Å²) in [6.07, 6.45) is 3.49. The maximum Gasteiger partial charge on any atom is 0.132 e. The van der Waals surface area contributed by atoms with Gasteiger partial charge in [-0.25, -0.2) is 9.97 Å². The molecule has 1 aliphatic rings. The van der Waals surface area contributed by atoms with Crippen molar-refractivity contribution in [3.8, 4) is 0 Å². The van der Waals surface area contributed by atoms with Crippen molar-refractivity contribution >= 4 is 0 Å². The predicted octanol–water partition coefficient (Wildman–Crippen LogP) is 2.76. The van der Waals surface area contributed by atoms with E-state index in [0.29, 0.717) is 5.92 Å². The second-order valence-electron chi connectivity index (χ2n) is 5.55. The van der Waals surface area contributed by atoms with Crippen LogP contribution in [0.2, 0.25) is 0 Å². The minimum Gasteiger partial charge on any atom is -0.316 e. The lowest BCUT2D eigenvalue weighted by atomic mass is 10.1. The first-order valence-corrected chi connectivity index (χ1v) is 7.18. The van der Waals surface area contributed by atoms with E-state index >= 15 is 0 Å². The number of nitrogens with one attached hydrogen (secondary N) is 1. The number of nitrogens with zero attached hydrogens (tertiary/aromatic N) is 2. The highest BCUT2D eigenvalue weighted by molar-refractivity contribution is 5.26. The van der Waals surface area contributed by atoms with E-state index in [4.69, 9.17) is 9.97 Å². The van der Waals surface area contributed by atoms with Gasteiger partial charge in [-0.2, -0.15) is 0 Å². The van der Waals surface area contributed by atoms with Crippen LogP contribution in [0.3, 0.4) is 0 Å². The SMILES string of the molecule is CCCNCCc1c(C)nc(C2CC2C)nc1C. The van der Waals surface area contributed by atoms with Crippen LogP contribution in [0, 0.1) is 19.8 Å². The standard InChI is InChI=1S/C15H25N3/c1-5-7-16-8-6-13-11(3)17-15(18-12(13)4)14-9-10(14)2/h10,14,16H,5-9H2,1-4H3. The molecule has 100 valence electrons. The number of hydrogen-bond acceptors (Lipinski definition) is 3. The zero-order valence-electron chi connectivity index (χ0n) is 12.1. The van der Waals surface area contributed by atoms with Gasteiger partial charge in [0.05, 0.1) is 0 Å². The zero-order chi connectivity index (χ0) is 13.1. The molecule has 1 heterocycles. The molecule has 0 aromatic carbocycles. The summed E-state index contributed by atoms with van der Waals surface area (Å²) in [5.41, 5.74) is 3.68. The summed E-state index contributed by atoms with van der Waals surface area (Å²) >= 11 is 0. The molecule has 18 heavy (non-hydrogen) atoms. The van der Waals surface area contributed by atoms with Crippen LogP contribution in [0.15, 0.2) is 0 Å². The first-order chi connectivity index (χ1) is 8.63. The normalized spacial score (nSPS) is 22.2. The number of rotatable bonds is 6. The maximum absolute atomic E-state index is 4.71. The molecule has 1 N–H and O–H groups in total.